The van der Waals surface area contributed by atoms with E-state index in [4.69, 9.17) is 0 Å². The van der Waals surface area contributed by atoms with Gasteiger partial charge in [-0.05, 0) is 29.3 Å². The molecule has 0 fully saturated rings. The fraction of sp³-hybridized carbons (Fsp3) is 0.636. The molecule has 20 heavy (non-hydrogen) atoms. The summed E-state index contributed by atoms with van der Waals surface area (Å²) < 4.78 is 60.7. The number of hydrogen-bond acceptors (Lipinski definition) is 4. The maximum absolute atomic E-state index is 12.0. The van der Waals surface area contributed by atoms with Crippen molar-refractivity contribution in [2.75, 3.05) is 12.3 Å². The first-order valence-electron chi connectivity index (χ1n) is 5.77. The molecule has 0 aliphatic carbocycles. The summed E-state index contributed by atoms with van der Waals surface area (Å²) in [5.74, 6) is -1.04. The van der Waals surface area contributed by atoms with Crippen molar-refractivity contribution in [1.29, 1.82) is 0 Å². The van der Waals surface area contributed by atoms with E-state index in [9.17, 15) is 26.7 Å². The molecule has 0 aromatic carbocycles. The minimum atomic E-state index is -4.52. The van der Waals surface area contributed by atoms with Crippen LogP contribution < -0.4 is 4.72 Å². The lowest BCUT2D eigenvalue weighted by Crippen LogP contribution is -2.43. The zero-order chi connectivity index (χ0) is 15.4. The van der Waals surface area contributed by atoms with E-state index in [0.29, 0.717) is 0 Å². The quantitative estimate of drug-likeness (QED) is 0.802. The molecule has 0 spiro atoms. The van der Waals surface area contributed by atoms with Crippen molar-refractivity contribution in [3.05, 3.63) is 22.4 Å². The van der Waals surface area contributed by atoms with E-state index < -0.39 is 34.0 Å². The van der Waals surface area contributed by atoms with Crippen molar-refractivity contribution in [1.82, 2.24) is 4.72 Å². The summed E-state index contributed by atoms with van der Waals surface area (Å²) in [7, 11) is -4.05. The molecule has 0 amide bonds. The van der Waals surface area contributed by atoms with Gasteiger partial charge in [-0.3, -0.25) is 0 Å². The standard InChI is InChI=1S/C11H16F3NO3S2/c1-10(16,6-9-2-4-19-7-9)8-15-20(17,18)5-3-11(12,13)14/h2,4,7,15-16H,3,5-6,8H2,1H3. The lowest BCUT2D eigenvalue weighted by atomic mass is 9.99. The molecule has 0 saturated carbocycles. The van der Waals surface area contributed by atoms with E-state index in [2.05, 4.69) is 0 Å². The first-order valence-corrected chi connectivity index (χ1v) is 8.36. The highest BCUT2D eigenvalue weighted by atomic mass is 32.2. The molecule has 1 aromatic rings. The van der Waals surface area contributed by atoms with E-state index in [0.717, 1.165) is 5.56 Å². The van der Waals surface area contributed by atoms with Gasteiger partial charge < -0.3 is 5.11 Å². The molecule has 0 saturated heterocycles. The number of hydrogen-bond donors (Lipinski definition) is 2. The van der Waals surface area contributed by atoms with E-state index in [1.165, 1.54) is 18.3 Å². The largest absolute Gasteiger partial charge is 0.390 e. The molecule has 0 radical (unpaired) electrons. The van der Waals surface area contributed by atoms with E-state index in [-0.39, 0.29) is 13.0 Å². The number of aliphatic hydroxyl groups is 1. The van der Waals surface area contributed by atoms with Crippen LogP contribution in [0.5, 0.6) is 0 Å². The van der Waals surface area contributed by atoms with Crippen LogP contribution in [0.4, 0.5) is 13.2 Å². The van der Waals surface area contributed by atoms with Crippen molar-refractivity contribution < 1.29 is 26.7 Å². The average Bonchev–Trinajstić information content (AvgIpc) is 2.76. The number of alkyl halides is 3. The van der Waals surface area contributed by atoms with Gasteiger partial charge in [-0.15, -0.1) is 0 Å². The molecule has 1 aromatic heterocycles. The summed E-state index contributed by atoms with van der Waals surface area (Å²) in [6, 6.07) is 1.79. The van der Waals surface area contributed by atoms with Gasteiger partial charge in [0.05, 0.1) is 17.8 Å². The molecule has 116 valence electrons. The van der Waals surface area contributed by atoms with Gasteiger partial charge in [0.1, 0.15) is 0 Å². The fourth-order valence-corrected chi connectivity index (χ4v) is 3.33. The van der Waals surface area contributed by atoms with Crippen LogP contribution in [0, 0.1) is 0 Å². The SMILES string of the molecule is CC(O)(CNS(=O)(=O)CCC(F)(F)F)Cc1ccsc1. The van der Waals surface area contributed by atoms with Crippen LogP contribution in [-0.2, 0) is 16.4 Å². The van der Waals surface area contributed by atoms with Crippen molar-refractivity contribution >= 4 is 21.4 Å². The smallest absolute Gasteiger partial charge is 0.388 e. The Morgan fingerprint density at radius 1 is 1.40 bits per heavy atom. The Balaban J connectivity index is 2.48. The first-order chi connectivity index (χ1) is 8.99. The van der Waals surface area contributed by atoms with Gasteiger partial charge in [0.15, 0.2) is 0 Å². The molecule has 1 rings (SSSR count). The predicted octanol–water partition coefficient (Wildman–Crippen LogP) is 1.91. The van der Waals surface area contributed by atoms with Crippen LogP contribution in [-0.4, -0.2) is 37.6 Å². The molecule has 4 nitrogen and oxygen atoms in total. The zero-order valence-corrected chi connectivity index (χ0v) is 12.4. The minimum Gasteiger partial charge on any atom is -0.388 e. The highest BCUT2D eigenvalue weighted by molar-refractivity contribution is 7.89. The fourth-order valence-electron chi connectivity index (χ4n) is 1.48. The summed E-state index contributed by atoms with van der Waals surface area (Å²) in [6.07, 6.45) is -5.71. The van der Waals surface area contributed by atoms with Crippen LogP contribution in [0.25, 0.3) is 0 Å². The van der Waals surface area contributed by atoms with Crippen LogP contribution in [0.15, 0.2) is 16.8 Å². The molecule has 1 heterocycles. The molecule has 1 unspecified atom stereocenters. The average molecular weight is 331 g/mol. The highest BCUT2D eigenvalue weighted by Gasteiger charge is 2.31. The Kier molecular flexibility index (Phi) is 5.59. The van der Waals surface area contributed by atoms with Gasteiger partial charge in [-0.2, -0.15) is 24.5 Å². The molecular weight excluding hydrogens is 315 g/mol. The number of thiophene rings is 1. The van der Waals surface area contributed by atoms with Crippen LogP contribution in [0.3, 0.4) is 0 Å². The molecule has 0 bridgehead atoms. The predicted molar refractivity (Wildman–Crippen MR) is 71.1 cm³/mol. The summed E-state index contributed by atoms with van der Waals surface area (Å²) in [4.78, 5) is 0. The number of halogens is 3. The number of rotatable bonds is 7. The summed E-state index contributed by atoms with van der Waals surface area (Å²) in [5, 5.41) is 13.7. The summed E-state index contributed by atoms with van der Waals surface area (Å²) in [5.41, 5.74) is -0.513. The molecular formula is C11H16F3NO3S2. The Hall–Kier alpha value is -0.640. The van der Waals surface area contributed by atoms with Crippen LogP contribution >= 0.6 is 11.3 Å². The van der Waals surface area contributed by atoms with Gasteiger partial charge in [-0.1, -0.05) is 0 Å². The maximum atomic E-state index is 12.0. The molecule has 1 atom stereocenters. The lowest BCUT2D eigenvalue weighted by molar-refractivity contribution is -0.129. The number of sulfonamides is 1. The topological polar surface area (TPSA) is 66.4 Å². The van der Waals surface area contributed by atoms with Gasteiger partial charge in [0.25, 0.3) is 0 Å². The van der Waals surface area contributed by atoms with Crippen molar-refractivity contribution in [2.45, 2.75) is 31.5 Å². The second kappa shape index (κ2) is 6.42. The van der Waals surface area contributed by atoms with Gasteiger partial charge in [-0.25, -0.2) is 13.1 Å². The van der Waals surface area contributed by atoms with Crippen LogP contribution in [0.2, 0.25) is 0 Å². The molecule has 0 aliphatic heterocycles. The minimum absolute atomic E-state index is 0.221. The highest BCUT2D eigenvalue weighted by Crippen LogP contribution is 2.20. The second-order valence-corrected chi connectivity index (χ2v) is 7.52. The Morgan fingerprint density at radius 3 is 2.55 bits per heavy atom. The third kappa shape index (κ3) is 7.22. The van der Waals surface area contributed by atoms with Crippen molar-refractivity contribution in [3.63, 3.8) is 0 Å². The Morgan fingerprint density at radius 2 is 2.05 bits per heavy atom. The molecule has 9 heteroatoms. The van der Waals surface area contributed by atoms with Crippen LogP contribution in [0.1, 0.15) is 18.9 Å². The third-order valence-electron chi connectivity index (χ3n) is 2.49. The Labute approximate surface area is 119 Å². The lowest BCUT2D eigenvalue weighted by Gasteiger charge is -2.23. The molecule has 0 aliphatic rings. The Bertz CT molecular complexity index is 510. The summed E-state index contributed by atoms with van der Waals surface area (Å²) in [6.45, 7) is 1.10. The zero-order valence-electron chi connectivity index (χ0n) is 10.8. The van der Waals surface area contributed by atoms with Crippen molar-refractivity contribution in [3.8, 4) is 0 Å². The van der Waals surface area contributed by atoms with E-state index >= 15 is 0 Å². The van der Waals surface area contributed by atoms with E-state index in [1.807, 2.05) is 15.5 Å². The normalized spacial score (nSPS) is 16.1. The van der Waals surface area contributed by atoms with Gasteiger partial charge >= 0.3 is 6.18 Å². The second-order valence-electron chi connectivity index (χ2n) is 4.81. The van der Waals surface area contributed by atoms with E-state index in [1.54, 1.807) is 6.07 Å². The monoisotopic (exact) mass is 331 g/mol. The van der Waals surface area contributed by atoms with Gasteiger partial charge in [0.2, 0.25) is 10.0 Å². The first kappa shape index (κ1) is 17.4. The summed E-state index contributed by atoms with van der Waals surface area (Å²) >= 11 is 1.44. The third-order valence-corrected chi connectivity index (χ3v) is 4.55. The maximum Gasteiger partial charge on any atom is 0.390 e. The molecule has 2 N–H and O–H groups in total. The number of nitrogens with one attached hydrogen (secondary N) is 1. The van der Waals surface area contributed by atoms with Crippen molar-refractivity contribution in [2.24, 2.45) is 0 Å². The van der Waals surface area contributed by atoms with Gasteiger partial charge in [0, 0.05) is 13.0 Å².